The van der Waals surface area contributed by atoms with Crippen LogP contribution in [-0.4, -0.2) is 20.6 Å². The lowest BCUT2D eigenvalue weighted by Gasteiger charge is -1.78. The van der Waals surface area contributed by atoms with Crippen molar-refractivity contribution in [3.8, 4) is 0 Å². The molecule has 1 aromatic rings. The third-order valence-electron chi connectivity index (χ3n) is 0.542. The Morgan fingerprint density at radius 1 is 1.70 bits per heavy atom. The second kappa shape index (κ2) is 4.58. The van der Waals surface area contributed by atoms with Crippen molar-refractivity contribution < 1.29 is 22.2 Å². The summed E-state index contributed by atoms with van der Waals surface area (Å²) in [6.07, 6.45) is 0.958. The number of nitrogens with one attached hydrogen (secondary N) is 1. The Bertz CT molecular complexity index is 184. The predicted molar refractivity (Wildman–Crippen MR) is 21.1 cm³/mol. The van der Waals surface area contributed by atoms with Crippen LogP contribution in [0, 0.1) is 10.1 Å². The highest BCUT2D eigenvalue weighted by Gasteiger charge is 2.05. The fourth-order valence-corrected chi connectivity index (χ4v) is 0.251. The number of hydrogen-bond acceptors (Lipinski definition) is 4. The summed E-state index contributed by atoms with van der Waals surface area (Å²) in [5.74, 6) is 0. The Morgan fingerprint density at radius 3 is 2.50 bits per heavy atom. The van der Waals surface area contributed by atoms with Crippen LogP contribution in [0.25, 0.3) is 0 Å². The van der Waals surface area contributed by atoms with Gasteiger partial charge in [0.05, 0.1) is 5.21 Å². The Labute approximate surface area is 61.3 Å². The Morgan fingerprint density at radius 2 is 2.30 bits per heavy atom. The monoisotopic (exact) mass is 165 g/mol. The SMILES string of the molecule is O=[N+]([O-])[n+]1cnn[nH]1.[Cl-].[N]. The molecule has 0 saturated heterocycles. The molecule has 1 aromatic heterocycles. The average molecular weight is 166 g/mol. The maximum Gasteiger partial charge on any atom is 0.361 e. The van der Waals surface area contributed by atoms with Gasteiger partial charge in [-0.1, -0.05) is 0 Å². The average Bonchev–Trinajstić information content (AvgIpc) is 2.12. The van der Waals surface area contributed by atoms with Gasteiger partial charge >= 0.3 is 6.33 Å². The molecule has 55 valence electrons. The summed E-state index contributed by atoms with van der Waals surface area (Å²) in [7, 11) is 0. The van der Waals surface area contributed by atoms with Gasteiger partial charge in [-0.25, -0.2) is 0 Å². The van der Waals surface area contributed by atoms with Crippen molar-refractivity contribution in [1.29, 1.82) is 0 Å². The molecule has 0 spiro atoms. The van der Waals surface area contributed by atoms with Gasteiger partial charge in [0.2, 0.25) is 0 Å². The van der Waals surface area contributed by atoms with E-state index in [2.05, 4.69) is 10.3 Å². The summed E-state index contributed by atoms with van der Waals surface area (Å²) in [4.78, 5) is 10.3. The largest absolute Gasteiger partial charge is 1.00 e. The normalized spacial score (nSPS) is 7.20. The van der Waals surface area contributed by atoms with E-state index in [1.165, 1.54) is 0 Å². The number of nitro groups is 1. The molecule has 0 aliphatic carbocycles. The van der Waals surface area contributed by atoms with Crippen molar-refractivity contribution >= 4 is 0 Å². The molecule has 0 aliphatic heterocycles. The van der Waals surface area contributed by atoms with Crippen LogP contribution >= 0.6 is 0 Å². The zero-order chi connectivity index (χ0) is 5.98. The Balaban J connectivity index is 0. The van der Waals surface area contributed by atoms with E-state index in [1.807, 2.05) is 5.21 Å². The highest BCUT2D eigenvalue weighted by atomic mass is 35.5. The van der Waals surface area contributed by atoms with E-state index in [-0.39, 0.29) is 18.6 Å². The molecular formula is CH2ClN6O2. The molecule has 0 amide bonds. The summed E-state index contributed by atoms with van der Waals surface area (Å²) in [5, 5.41) is 17.3. The quantitative estimate of drug-likeness (QED) is 0.254. The van der Waals surface area contributed by atoms with Gasteiger partial charge in [-0.3, -0.25) is 0 Å². The number of H-pyrrole nitrogens is 1. The van der Waals surface area contributed by atoms with Crippen molar-refractivity contribution in [2.75, 3.05) is 0 Å². The number of aromatic amines is 1. The molecule has 0 unspecified atom stereocenters. The van der Waals surface area contributed by atoms with Crippen molar-refractivity contribution in [1.82, 2.24) is 21.7 Å². The van der Waals surface area contributed by atoms with Gasteiger partial charge in [-0.2, -0.15) is 0 Å². The van der Waals surface area contributed by atoms with Crippen LogP contribution in [0.1, 0.15) is 0 Å². The van der Waals surface area contributed by atoms with Gasteiger partial charge in [0.1, 0.15) is 14.9 Å². The van der Waals surface area contributed by atoms with E-state index in [4.69, 9.17) is 0 Å². The standard InChI is InChI=1S/CHN5O2.ClH.N/c7-6(8)5-1-2-3-4-5;;/h1H;1H;. The van der Waals surface area contributed by atoms with E-state index in [0.717, 1.165) is 6.33 Å². The van der Waals surface area contributed by atoms with Crippen molar-refractivity contribution in [2.24, 2.45) is 0 Å². The van der Waals surface area contributed by atoms with Crippen molar-refractivity contribution in [2.45, 2.75) is 0 Å². The molecule has 1 heterocycles. The first-order valence-corrected chi connectivity index (χ1v) is 1.73. The maximum atomic E-state index is 9.72. The van der Waals surface area contributed by atoms with Crippen LogP contribution in [0.3, 0.4) is 0 Å². The van der Waals surface area contributed by atoms with Crippen LogP contribution in [0.5, 0.6) is 0 Å². The zero-order valence-electron chi connectivity index (χ0n) is 4.51. The van der Waals surface area contributed by atoms with Crippen LogP contribution < -0.4 is 23.3 Å². The van der Waals surface area contributed by atoms with Crippen LogP contribution in [0.2, 0.25) is 0 Å². The summed E-state index contributed by atoms with van der Waals surface area (Å²) >= 11 is 0. The van der Waals surface area contributed by atoms with Gasteiger partial charge in [0, 0.05) is 6.15 Å². The molecule has 0 atom stereocenters. The molecular weight excluding hydrogens is 164 g/mol. The molecule has 0 aliphatic rings. The van der Waals surface area contributed by atoms with Crippen molar-refractivity contribution in [3.63, 3.8) is 0 Å². The smallest absolute Gasteiger partial charge is 0.361 e. The first kappa shape index (κ1) is 11.5. The van der Waals surface area contributed by atoms with Crippen LogP contribution in [0.4, 0.5) is 0 Å². The number of hydrogen-bond donors (Lipinski definition) is 1. The fraction of sp³-hybridized carbons (Fsp3) is 0. The summed E-state index contributed by atoms with van der Waals surface area (Å²) in [6.45, 7) is 0. The number of aromatic nitrogens is 4. The van der Waals surface area contributed by atoms with Crippen LogP contribution in [0.15, 0.2) is 6.33 Å². The van der Waals surface area contributed by atoms with E-state index >= 15 is 0 Å². The van der Waals surface area contributed by atoms with Gasteiger partial charge in [0.15, 0.2) is 0 Å². The predicted octanol–water partition coefficient (Wildman–Crippen LogP) is -5.34. The minimum atomic E-state index is -0.681. The van der Waals surface area contributed by atoms with E-state index in [0.29, 0.717) is 4.79 Å². The lowest BCUT2D eigenvalue weighted by molar-refractivity contribution is -1.22. The highest BCUT2D eigenvalue weighted by Crippen LogP contribution is 1.52. The molecule has 10 heavy (non-hydrogen) atoms. The summed E-state index contributed by atoms with van der Waals surface area (Å²) in [6, 6.07) is 0. The lowest BCUT2D eigenvalue weighted by Crippen LogP contribution is -3.00. The first-order chi connectivity index (χ1) is 3.80. The number of nitrogens with zero attached hydrogens (tertiary/aromatic N) is 5. The summed E-state index contributed by atoms with van der Waals surface area (Å²) < 4.78 is 0. The molecule has 1 rings (SSSR count). The molecule has 0 aromatic carbocycles. The number of rotatable bonds is 1. The molecule has 0 saturated carbocycles. The van der Waals surface area contributed by atoms with Crippen LogP contribution in [-0.2, 0) is 0 Å². The van der Waals surface area contributed by atoms with E-state index in [1.54, 1.807) is 0 Å². The molecule has 0 bridgehead atoms. The molecule has 1 N–H and O–H groups in total. The third kappa shape index (κ3) is 2.33. The van der Waals surface area contributed by atoms with Gasteiger partial charge < -0.3 is 22.5 Å². The molecule has 9 heteroatoms. The zero-order valence-corrected chi connectivity index (χ0v) is 5.26. The maximum absolute atomic E-state index is 9.72. The van der Waals surface area contributed by atoms with Gasteiger partial charge in [0.25, 0.3) is 5.21 Å². The van der Waals surface area contributed by atoms with Crippen molar-refractivity contribution in [3.05, 3.63) is 16.4 Å². The third-order valence-corrected chi connectivity index (χ3v) is 0.542. The minimum absolute atomic E-state index is 0. The van der Waals surface area contributed by atoms with E-state index < -0.39 is 5.03 Å². The number of tetrazole rings is 1. The Hall–Kier alpha value is -1.28. The first-order valence-electron chi connectivity index (χ1n) is 1.73. The number of halogens is 1. The lowest BCUT2D eigenvalue weighted by atomic mass is 11.4. The van der Waals surface area contributed by atoms with Gasteiger partial charge in [-0.15, -0.1) is 0 Å². The Kier molecular flexibility index (Phi) is 5.28. The topological polar surface area (TPSA) is 119 Å². The van der Waals surface area contributed by atoms with E-state index in [9.17, 15) is 10.1 Å². The molecule has 8 nitrogen and oxygen atoms in total. The highest BCUT2D eigenvalue weighted by molar-refractivity contribution is 4.09. The molecule has 0 fully saturated rings. The fourth-order valence-electron chi connectivity index (χ4n) is 0.251. The minimum Gasteiger partial charge on any atom is -1.00 e. The molecule has 3 radical (unpaired) electrons. The second-order valence-electron chi connectivity index (χ2n) is 1.01. The van der Waals surface area contributed by atoms with Gasteiger partial charge in [-0.05, 0) is 0 Å². The second-order valence-corrected chi connectivity index (χ2v) is 1.01. The summed E-state index contributed by atoms with van der Waals surface area (Å²) in [5.41, 5.74) is 0.